The van der Waals surface area contributed by atoms with Crippen LogP contribution in [0.2, 0.25) is 5.02 Å². The molecule has 9 heteroatoms. The summed E-state index contributed by atoms with van der Waals surface area (Å²) >= 11 is 7.25. The van der Waals surface area contributed by atoms with Gasteiger partial charge in [-0.3, -0.25) is 4.79 Å². The zero-order valence-electron chi connectivity index (χ0n) is 12.3. The molecule has 1 heterocycles. The summed E-state index contributed by atoms with van der Waals surface area (Å²) in [5, 5.41) is 11.1. The molecule has 0 aliphatic rings. The highest BCUT2D eigenvalue weighted by atomic mass is 35.5. The molecule has 7 nitrogen and oxygen atoms in total. The molecule has 0 spiro atoms. The topological polar surface area (TPSA) is 95.1 Å². The van der Waals surface area contributed by atoms with E-state index in [-0.39, 0.29) is 5.91 Å². The molecule has 0 radical (unpaired) electrons. The summed E-state index contributed by atoms with van der Waals surface area (Å²) < 4.78 is 6.41. The Hall–Kier alpha value is -1.93. The minimum atomic E-state index is -0.397. The fourth-order valence-corrected chi connectivity index (χ4v) is 2.70. The first-order valence-corrected chi connectivity index (χ1v) is 7.66. The van der Waals surface area contributed by atoms with E-state index < -0.39 is 5.25 Å². The molecule has 0 bridgehead atoms. The lowest BCUT2D eigenvalue weighted by Gasteiger charge is -2.12. The van der Waals surface area contributed by atoms with E-state index in [0.717, 1.165) is 0 Å². The minimum Gasteiger partial charge on any atom is -0.495 e. The number of rotatable bonds is 5. The van der Waals surface area contributed by atoms with Crippen molar-refractivity contribution < 1.29 is 9.53 Å². The van der Waals surface area contributed by atoms with Crippen LogP contribution in [0.25, 0.3) is 0 Å². The first-order valence-electron chi connectivity index (χ1n) is 6.40. The van der Waals surface area contributed by atoms with E-state index in [0.29, 0.717) is 27.4 Å². The smallest absolute Gasteiger partial charge is 0.237 e. The number of halogens is 1. The van der Waals surface area contributed by atoms with Gasteiger partial charge in [-0.15, -0.1) is 10.2 Å². The van der Waals surface area contributed by atoms with Gasteiger partial charge >= 0.3 is 0 Å². The van der Waals surface area contributed by atoms with Crippen molar-refractivity contribution in [3.8, 4) is 5.75 Å². The van der Waals surface area contributed by atoms with E-state index in [9.17, 15) is 4.79 Å². The Bertz CT molecular complexity index is 691. The third-order valence-electron chi connectivity index (χ3n) is 2.91. The van der Waals surface area contributed by atoms with Crippen molar-refractivity contribution in [1.29, 1.82) is 0 Å². The van der Waals surface area contributed by atoms with Crippen molar-refractivity contribution in [3.05, 3.63) is 29.0 Å². The number of aryl methyl sites for hydroxylation is 1. The number of nitrogens with two attached hydrogens (primary N) is 1. The number of hydrogen-bond acceptors (Lipinski definition) is 6. The number of amides is 1. The zero-order chi connectivity index (χ0) is 16.3. The highest BCUT2D eigenvalue weighted by Gasteiger charge is 2.18. The maximum Gasteiger partial charge on any atom is 0.237 e. The highest BCUT2D eigenvalue weighted by Crippen LogP contribution is 2.28. The van der Waals surface area contributed by atoms with Crippen LogP contribution in [0.3, 0.4) is 0 Å². The summed E-state index contributed by atoms with van der Waals surface area (Å²) in [4.78, 5) is 12.2. The molecule has 1 amide bonds. The Labute approximate surface area is 137 Å². The molecule has 118 valence electrons. The molecule has 2 aromatic rings. The van der Waals surface area contributed by atoms with Crippen LogP contribution in [0.15, 0.2) is 23.4 Å². The maximum absolute atomic E-state index is 12.2. The number of hydrogen-bond donors (Lipinski definition) is 2. The largest absolute Gasteiger partial charge is 0.495 e. The van der Waals surface area contributed by atoms with Crippen molar-refractivity contribution in [2.75, 3.05) is 18.3 Å². The van der Waals surface area contributed by atoms with Crippen LogP contribution in [0.1, 0.15) is 12.7 Å². The second kappa shape index (κ2) is 6.89. The van der Waals surface area contributed by atoms with Gasteiger partial charge in [-0.05, 0) is 32.0 Å². The number of benzene rings is 1. The molecule has 1 aromatic carbocycles. The van der Waals surface area contributed by atoms with Crippen molar-refractivity contribution in [2.24, 2.45) is 0 Å². The van der Waals surface area contributed by atoms with Gasteiger partial charge < -0.3 is 15.9 Å². The number of carbonyl (C=O) groups is 1. The lowest BCUT2D eigenvalue weighted by atomic mass is 10.3. The van der Waals surface area contributed by atoms with E-state index in [2.05, 4.69) is 15.5 Å². The van der Waals surface area contributed by atoms with Gasteiger partial charge in [0.15, 0.2) is 0 Å². The fraction of sp³-hybridized carbons (Fsp3) is 0.308. The standard InChI is InChI=1S/C13H16ClN5O2S/c1-7(22-13-18-17-8(2)19(13)15)12(20)16-9-4-5-11(21-3)10(14)6-9/h4-7H,15H2,1-3H3,(H,16,20)/t7-/m0/s1. The Morgan fingerprint density at radius 2 is 2.23 bits per heavy atom. The van der Waals surface area contributed by atoms with E-state index in [1.807, 2.05) is 0 Å². The third kappa shape index (κ3) is 3.63. The number of nitrogens with zero attached hydrogens (tertiary/aromatic N) is 3. The quantitative estimate of drug-likeness (QED) is 0.638. The molecule has 0 fully saturated rings. The second-order valence-electron chi connectivity index (χ2n) is 4.50. The number of carbonyl (C=O) groups excluding carboxylic acids is 1. The average molecular weight is 342 g/mol. The molecule has 0 saturated heterocycles. The Morgan fingerprint density at radius 1 is 1.50 bits per heavy atom. The number of anilines is 1. The molecule has 0 aliphatic carbocycles. The van der Waals surface area contributed by atoms with E-state index in [1.165, 1.54) is 23.5 Å². The number of thioether (sulfide) groups is 1. The van der Waals surface area contributed by atoms with Crippen LogP contribution in [0, 0.1) is 6.92 Å². The minimum absolute atomic E-state index is 0.188. The molecule has 0 aliphatic heterocycles. The molecular formula is C13H16ClN5O2S. The second-order valence-corrected chi connectivity index (χ2v) is 6.21. The van der Waals surface area contributed by atoms with Crippen molar-refractivity contribution in [2.45, 2.75) is 24.3 Å². The summed E-state index contributed by atoms with van der Waals surface area (Å²) in [5.74, 6) is 6.71. The summed E-state index contributed by atoms with van der Waals surface area (Å²) in [6, 6.07) is 5.04. The predicted octanol–water partition coefficient (Wildman–Crippen LogP) is 2.08. The van der Waals surface area contributed by atoms with Crippen molar-refractivity contribution in [1.82, 2.24) is 14.9 Å². The van der Waals surface area contributed by atoms with Crippen LogP contribution >= 0.6 is 23.4 Å². The van der Waals surface area contributed by atoms with E-state index >= 15 is 0 Å². The molecule has 0 saturated carbocycles. The first kappa shape index (κ1) is 16.4. The zero-order valence-corrected chi connectivity index (χ0v) is 13.9. The Balaban J connectivity index is 2.02. The van der Waals surface area contributed by atoms with Crippen molar-refractivity contribution >= 4 is 35.0 Å². The first-order chi connectivity index (χ1) is 10.4. The van der Waals surface area contributed by atoms with Crippen molar-refractivity contribution in [3.63, 3.8) is 0 Å². The molecule has 1 atom stereocenters. The van der Waals surface area contributed by atoms with Gasteiger partial charge in [-0.25, -0.2) is 4.68 Å². The summed E-state index contributed by atoms with van der Waals surface area (Å²) in [5.41, 5.74) is 0.591. The number of nitrogen functional groups attached to an aromatic ring is 1. The van der Waals surface area contributed by atoms with Gasteiger partial charge in [0, 0.05) is 5.69 Å². The van der Waals surface area contributed by atoms with Gasteiger partial charge in [0.25, 0.3) is 0 Å². The molecule has 3 N–H and O–H groups in total. The van der Waals surface area contributed by atoms with Crippen LogP contribution < -0.4 is 15.9 Å². The van der Waals surface area contributed by atoms with E-state index in [1.54, 1.807) is 32.0 Å². The molecule has 22 heavy (non-hydrogen) atoms. The van der Waals surface area contributed by atoms with Crippen LogP contribution in [-0.2, 0) is 4.79 Å². The lowest BCUT2D eigenvalue weighted by molar-refractivity contribution is -0.115. The summed E-state index contributed by atoms with van der Waals surface area (Å²) in [7, 11) is 1.53. The summed E-state index contributed by atoms with van der Waals surface area (Å²) in [6.45, 7) is 3.50. The monoisotopic (exact) mass is 341 g/mol. The Kier molecular flexibility index (Phi) is 5.15. The molecule has 1 aromatic heterocycles. The van der Waals surface area contributed by atoms with Gasteiger partial charge in [0.05, 0.1) is 17.4 Å². The van der Waals surface area contributed by atoms with Gasteiger partial charge in [0.2, 0.25) is 11.1 Å². The van der Waals surface area contributed by atoms with Crippen LogP contribution in [0.4, 0.5) is 5.69 Å². The SMILES string of the molecule is COc1ccc(NC(=O)[C@H](C)Sc2nnc(C)n2N)cc1Cl. The van der Waals surface area contributed by atoms with Crippen LogP contribution in [0.5, 0.6) is 5.75 Å². The highest BCUT2D eigenvalue weighted by molar-refractivity contribution is 8.00. The number of nitrogens with one attached hydrogen (secondary N) is 1. The molecule has 0 unspecified atom stereocenters. The Morgan fingerprint density at radius 3 is 2.77 bits per heavy atom. The normalized spacial score (nSPS) is 12.0. The number of methoxy groups -OCH3 is 1. The predicted molar refractivity (Wildman–Crippen MR) is 86.9 cm³/mol. The van der Waals surface area contributed by atoms with Gasteiger partial charge in [-0.2, -0.15) is 0 Å². The number of aromatic nitrogens is 3. The average Bonchev–Trinajstić information content (AvgIpc) is 2.79. The number of ether oxygens (including phenoxy) is 1. The lowest BCUT2D eigenvalue weighted by Crippen LogP contribution is -2.23. The third-order valence-corrected chi connectivity index (χ3v) is 4.26. The summed E-state index contributed by atoms with van der Waals surface area (Å²) in [6.07, 6.45) is 0. The fourth-order valence-electron chi connectivity index (χ4n) is 1.63. The van der Waals surface area contributed by atoms with Gasteiger partial charge in [0.1, 0.15) is 11.6 Å². The maximum atomic E-state index is 12.2. The van der Waals surface area contributed by atoms with Gasteiger partial charge in [-0.1, -0.05) is 23.4 Å². The molecule has 2 rings (SSSR count). The van der Waals surface area contributed by atoms with Crippen LogP contribution in [-0.4, -0.2) is 33.1 Å². The van der Waals surface area contributed by atoms with E-state index in [4.69, 9.17) is 22.2 Å². The molecular weight excluding hydrogens is 326 g/mol.